The second-order valence-electron chi connectivity index (χ2n) is 4.47. The minimum atomic E-state index is -0.152. The van der Waals surface area contributed by atoms with Crippen LogP contribution in [0.4, 0.5) is 4.39 Å². The molecule has 0 heterocycles. The van der Waals surface area contributed by atoms with Crippen LogP contribution in [-0.4, -0.2) is 30.6 Å². The fraction of sp³-hybridized carbons (Fsp3) is 0.571. The van der Waals surface area contributed by atoms with E-state index in [1.54, 1.807) is 6.07 Å². The molecule has 0 aromatic heterocycles. The van der Waals surface area contributed by atoms with Gasteiger partial charge in [-0.15, -0.1) is 0 Å². The molecule has 3 N–H and O–H groups in total. The van der Waals surface area contributed by atoms with Gasteiger partial charge in [0.1, 0.15) is 5.82 Å². The van der Waals surface area contributed by atoms with Crippen molar-refractivity contribution in [3.63, 3.8) is 0 Å². The Kier molecular flexibility index (Phi) is 6.86. The second-order valence-corrected chi connectivity index (χ2v) is 4.47. The number of hydrogen-bond donors (Lipinski definition) is 2. The number of hydrogen-bond acceptors (Lipinski definition) is 3. The molecule has 1 rings (SSSR count). The molecular formula is C14H24FN3. The maximum atomic E-state index is 13.5. The van der Waals surface area contributed by atoms with Gasteiger partial charge >= 0.3 is 0 Å². The molecule has 0 saturated carbocycles. The van der Waals surface area contributed by atoms with E-state index in [2.05, 4.69) is 24.2 Å². The van der Waals surface area contributed by atoms with Gasteiger partial charge in [-0.3, -0.25) is 11.3 Å². The molecular weight excluding hydrogens is 229 g/mol. The Balaban J connectivity index is 2.49. The van der Waals surface area contributed by atoms with Gasteiger partial charge in [0.2, 0.25) is 0 Å². The van der Waals surface area contributed by atoms with E-state index in [1.807, 2.05) is 12.1 Å². The summed E-state index contributed by atoms with van der Waals surface area (Å²) in [4.78, 5) is 2.34. The summed E-state index contributed by atoms with van der Waals surface area (Å²) in [6, 6.07) is 6.99. The molecule has 0 aliphatic carbocycles. The van der Waals surface area contributed by atoms with Crippen LogP contribution < -0.4 is 11.3 Å². The first-order valence-electron chi connectivity index (χ1n) is 6.63. The molecule has 0 fully saturated rings. The number of halogens is 1. The molecule has 0 spiro atoms. The monoisotopic (exact) mass is 253 g/mol. The van der Waals surface area contributed by atoms with Crippen LogP contribution in [0.25, 0.3) is 0 Å². The molecule has 4 heteroatoms. The zero-order valence-corrected chi connectivity index (χ0v) is 11.3. The van der Waals surface area contributed by atoms with Crippen molar-refractivity contribution in [1.29, 1.82) is 0 Å². The van der Waals surface area contributed by atoms with E-state index in [4.69, 9.17) is 5.84 Å². The molecule has 0 radical (unpaired) electrons. The lowest BCUT2D eigenvalue weighted by atomic mass is 10.0. The van der Waals surface area contributed by atoms with Crippen LogP contribution in [0.2, 0.25) is 0 Å². The zero-order valence-electron chi connectivity index (χ0n) is 11.3. The van der Waals surface area contributed by atoms with Gasteiger partial charge in [-0.2, -0.15) is 0 Å². The van der Waals surface area contributed by atoms with Gasteiger partial charge in [0.15, 0.2) is 0 Å². The Morgan fingerprint density at radius 3 is 2.50 bits per heavy atom. The molecule has 1 aromatic rings. The Bertz CT molecular complexity index is 340. The first-order chi connectivity index (χ1) is 8.71. The van der Waals surface area contributed by atoms with Gasteiger partial charge in [-0.1, -0.05) is 32.0 Å². The summed E-state index contributed by atoms with van der Waals surface area (Å²) in [6.07, 6.45) is 1.55. The highest BCUT2D eigenvalue weighted by molar-refractivity contribution is 5.18. The summed E-state index contributed by atoms with van der Waals surface area (Å²) in [7, 11) is 0. The fourth-order valence-corrected chi connectivity index (χ4v) is 2.05. The normalized spacial score (nSPS) is 12.9. The van der Waals surface area contributed by atoms with Gasteiger partial charge in [-0.05, 0) is 44.1 Å². The van der Waals surface area contributed by atoms with Crippen molar-refractivity contribution in [2.75, 3.05) is 19.6 Å². The van der Waals surface area contributed by atoms with Crippen molar-refractivity contribution >= 4 is 0 Å². The Labute approximate surface area is 109 Å². The van der Waals surface area contributed by atoms with Crippen molar-refractivity contribution in [2.24, 2.45) is 5.84 Å². The molecule has 0 aliphatic rings. The summed E-state index contributed by atoms with van der Waals surface area (Å²) in [5.41, 5.74) is 3.51. The lowest BCUT2D eigenvalue weighted by Gasteiger charge is -2.22. The third kappa shape index (κ3) is 4.72. The number of nitrogens with one attached hydrogen (secondary N) is 1. The molecule has 0 saturated heterocycles. The SMILES string of the molecule is CCN(CC)CCC(Cc1ccccc1F)NN. The number of benzene rings is 1. The topological polar surface area (TPSA) is 41.3 Å². The summed E-state index contributed by atoms with van der Waals surface area (Å²) in [5, 5.41) is 0. The van der Waals surface area contributed by atoms with Crippen LogP contribution in [0, 0.1) is 5.82 Å². The Hall–Kier alpha value is -0.970. The number of nitrogens with zero attached hydrogens (tertiary/aromatic N) is 1. The molecule has 18 heavy (non-hydrogen) atoms. The Morgan fingerprint density at radius 2 is 1.94 bits per heavy atom. The summed E-state index contributed by atoms with van der Waals surface area (Å²) >= 11 is 0. The molecule has 1 atom stereocenters. The standard InChI is InChI=1S/C14H24FN3/c1-3-18(4-2)10-9-13(17-16)11-12-7-5-6-8-14(12)15/h5-8,13,17H,3-4,9-11,16H2,1-2H3. The minimum Gasteiger partial charge on any atom is -0.304 e. The van der Waals surface area contributed by atoms with Gasteiger partial charge < -0.3 is 4.90 Å². The molecule has 0 bridgehead atoms. The van der Waals surface area contributed by atoms with Crippen LogP contribution >= 0.6 is 0 Å². The van der Waals surface area contributed by atoms with E-state index in [0.29, 0.717) is 6.42 Å². The highest BCUT2D eigenvalue weighted by atomic mass is 19.1. The maximum Gasteiger partial charge on any atom is 0.126 e. The van der Waals surface area contributed by atoms with Crippen molar-refractivity contribution in [1.82, 2.24) is 10.3 Å². The lowest BCUT2D eigenvalue weighted by Crippen LogP contribution is -2.40. The molecule has 1 unspecified atom stereocenters. The fourth-order valence-electron chi connectivity index (χ4n) is 2.05. The average Bonchev–Trinajstić information content (AvgIpc) is 2.40. The van der Waals surface area contributed by atoms with Crippen LogP contribution in [-0.2, 0) is 6.42 Å². The molecule has 102 valence electrons. The average molecular weight is 253 g/mol. The third-order valence-electron chi connectivity index (χ3n) is 3.35. The minimum absolute atomic E-state index is 0.113. The van der Waals surface area contributed by atoms with Crippen molar-refractivity contribution in [3.8, 4) is 0 Å². The summed E-state index contributed by atoms with van der Waals surface area (Å²) in [6.45, 7) is 7.34. The highest BCUT2D eigenvalue weighted by Crippen LogP contribution is 2.10. The van der Waals surface area contributed by atoms with Gasteiger partial charge in [0.05, 0.1) is 0 Å². The number of nitrogens with two attached hydrogens (primary N) is 1. The molecule has 1 aromatic carbocycles. The lowest BCUT2D eigenvalue weighted by molar-refractivity contribution is 0.280. The highest BCUT2D eigenvalue weighted by Gasteiger charge is 2.11. The third-order valence-corrected chi connectivity index (χ3v) is 3.35. The van der Waals surface area contributed by atoms with Crippen molar-refractivity contribution in [2.45, 2.75) is 32.7 Å². The molecule has 0 amide bonds. The molecule has 3 nitrogen and oxygen atoms in total. The van der Waals surface area contributed by atoms with E-state index in [-0.39, 0.29) is 11.9 Å². The van der Waals surface area contributed by atoms with Gasteiger partial charge in [0.25, 0.3) is 0 Å². The van der Waals surface area contributed by atoms with E-state index in [1.165, 1.54) is 6.07 Å². The first-order valence-corrected chi connectivity index (χ1v) is 6.63. The van der Waals surface area contributed by atoms with E-state index >= 15 is 0 Å². The molecule has 0 aliphatic heterocycles. The summed E-state index contributed by atoms with van der Waals surface area (Å²) < 4.78 is 13.5. The second kappa shape index (κ2) is 8.19. The van der Waals surface area contributed by atoms with Crippen molar-refractivity contribution < 1.29 is 4.39 Å². The predicted octanol–water partition coefficient (Wildman–Crippen LogP) is 1.93. The smallest absolute Gasteiger partial charge is 0.126 e. The zero-order chi connectivity index (χ0) is 13.4. The van der Waals surface area contributed by atoms with Crippen molar-refractivity contribution in [3.05, 3.63) is 35.6 Å². The largest absolute Gasteiger partial charge is 0.304 e. The first kappa shape index (κ1) is 15.1. The van der Waals surface area contributed by atoms with Crippen LogP contribution in [0.5, 0.6) is 0 Å². The van der Waals surface area contributed by atoms with E-state index < -0.39 is 0 Å². The van der Waals surface area contributed by atoms with Crippen LogP contribution in [0.1, 0.15) is 25.8 Å². The van der Waals surface area contributed by atoms with E-state index in [9.17, 15) is 4.39 Å². The van der Waals surface area contributed by atoms with Gasteiger partial charge in [-0.25, -0.2) is 4.39 Å². The number of rotatable bonds is 8. The predicted molar refractivity (Wildman–Crippen MR) is 73.6 cm³/mol. The van der Waals surface area contributed by atoms with Crippen LogP contribution in [0.3, 0.4) is 0 Å². The van der Waals surface area contributed by atoms with E-state index in [0.717, 1.165) is 31.6 Å². The van der Waals surface area contributed by atoms with Crippen LogP contribution in [0.15, 0.2) is 24.3 Å². The van der Waals surface area contributed by atoms with Gasteiger partial charge in [0, 0.05) is 6.04 Å². The number of hydrazine groups is 1. The quantitative estimate of drug-likeness (QED) is 0.549. The maximum absolute atomic E-state index is 13.5. The summed E-state index contributed by atoms with van der Waals surface area (Å²) in [5.74, 6) is 5.40. The Morgan fingerprint density at radius 1 is 1.28 bits per heavy atom.